The zero-order valence-electron chi connectivity index (χ0n) is 9.44. The van der Waals surface area contributed by atoms with Crippen molar-refractivity contribution in [3.05, 3.63) is 34.9 Å². The summed E-state index contributed by atoms with van der Waals surface area (Å²) >= 11 is 0. The molecule has 16 heavy (non-hydrogen) atoms. The fourth-order valence-electron chi connectivity index (χ4n) is 1.68. The summed E-state index contributed by atoms with van der Waals surface area (Å²) in [6, 6.07) is 1.66. The molecule has 0 spiro atoms. The Kier molecular flexibility index (Phi) is 2.30. The summed E-state index contributed by atoms with van der Waals surface area (Å²) in [5, 5.41) is 4.05. The van der Waals surface area contributed by atoms with Gasteiger partial charge in [0.2, 0.25) is 0 Å². The van der Waals surface area contributed by atoms with Gasteiger partial charge in [-0.15, -0.1) is 0 Å². The van der Waals surface area contributed by atoms with Gasteiger partial charge < -0.3 is 10.2 Å². The maximum atomic E-state index is 12.1. The topological polar surface area (TPSA) is 74.0 Å². The Hall–Kier alpha value is -2.04. The van der Waals surface area contributed by atoms with E-state index in [4.69, 9.17) is 10.2 Å². The summed E-state index contributed by atoms with van der Waals surface area (Å²) in [5.74, 6) is 0.659. The largest absolute Gasteiger partial charge is 0.469 e. The van der Waals surface area contributed by atoms with Crippen LogP contribution in [0.1, 0.15) is 27.4 Å². The summed E-state index contributed by atoms with van der Waals surface area (Å²) in [5.41, 5.74) is 7.72. The minimum Gasteiger partial charge on any atom is -0.469 e. The van der Waals surface area contributed by atoms with E-state index in [0.29, 0.717) is 22.8 Å². The summed E-state index contributed by atoms with van der Waals surface area (Å²) in [4.78, 5) is 12.1. The normalized spacial score (nSPS) is 10.7. The number of aryl methyl sites for hydroxylation is 3. The molecule has 0 fully saturated rings. The molecule has 0 saturated carbocycles. The summed E-state index contributed by atoms with van der Waals surface area (Å²) in [6.45, 7) is 5.35. The molecule has 2 rings (SSSR count). The highest BCUT2D eigenvalue weighted by Crippen LogP contribution is 2.18. The van der Waals surface area contributed by atoms with E-state index in [1.165, 1.54) is 4.68 Å². The van der Waals surface area contributed by atoms with Crippen LogP contribution in [0.15, 0.2) is 16.7 Å². The fourth-order valence-corrected chi connectivity index (χ4v) is 1.68. The van der Waals surface area contributed by atoms with Crippen LogP contribution in [0.5, 0.6) is 0 Å². The first-order chi connectivity index (χ1) is 7.50. The van der Waals surface area contributed by atoms with Crippen molar-refractivity contribution in [3.8, 4) is 0 Å². The smallest absolute Gasteiger partial charge is 0.283 e. The van der Waals surface area contributed by atoms with Gasteiger partial charge in [0, 0.05) is 11.6 Å². The number of nitrogen functional groups attached to an aromatic ring is 1. The molecule has 0 unspecified atom stereocenters. The first kappa shape index (κ1) is 10.5. The zero-order valence-corrected chi connectivity index (χ0v) is 9.44. The lowest BCUT2D eigenvalue weighted by Crippen LogP contribution is -2.17. The van der Waals surface area contributed by atoms with E-state index in [2.05, 4.69) is 5.10 Å². The van der Waals surface area contributed by atoms with Gasteiger partial charge in [0.05, 0.1) is 17.5 Å². The molecule has 0 atom stereocenters. The Bertz CT molecular complexity index is 532. The maximum Gasteiger partial charge on any atom is 0.283 e. The first-order valence-corrected chi connectivity index (χ1v) is 4.92. The van der Waals surface area contributed by atoms with Crippen molar-refractivity contribution >= 4 is 11.7 Å². The molecule has 2 aromatic rings. The van der Waals surface area contributed by atoms with Crippen LogP contribution in [0.3, 0.4) is 0 Å². The van der Waals surface area contributed by atoms with E-state index in [0.717, 1.165) is 5.56 Å². The minimum absolute atomic E-state index is 0.255. The molecule has 2 heterocycles. The molecule has 0 bridgehead atoms. The summed E-state index contributed by atoms with van der Waals surface area (Å²) in [7, 11) is 0. The number of furan rings is 1. The predicted octanol–water partition coefficient (Wildman–Crippen LogP) is 1.67. The summed E-state index contributed by atoms with van der Waals surface area (Å²) < 4.78 is 6.38. The number of aromatic nitrogens is 2. The molecule has 2 N–H and O–H groups in total. The number of hydrogen-bond acceptors (Lipinski definition) is 4. The van der Waals surface area contributed by atoms with E-state index in [9.17, 15) is 4.79 Å². The van der Waals surface area contributed by atoms with Crippen LogP contribution in [0, 0.1) is 20.8 Å². The number of nitrogens with two attached hydrogens (primary N) is 1. The highest BCUT2D eigenvalue weighted by molar-refractivity contribution is 5.99. The van der Waals surface area contributed by atoms with Crippen molar-refractivity contribution in [1.29, 1.82) is 0 Å². The second kappa shape index (κ2) is 3.52. The van der Waals surface area contributed by atoms with Gasteiger partial charge in [0.1, 0.15) is 11.6 Å². The van der Waals surface area contributed by atoms with Crippen molar-refractivity contribution in [2.45, 2.75) is 20.8 Å². The number of rotatable bonds is 1. The van der Waals surface area contributed by atoms with Crippen molar-refractivity contribution in [2.24, 2.45) is 0 Å². The van der Waals surface area contributed by atoms with Gasteiger partial charge in [0.15, 0.2) is 0 Å². The van der Waals surface area contributed by atoms with Crippen molar-refractivity contribution in [3.63, 3.8) is 0 Å². The lowest BCUT2D eigenvalue weighted by molar-refractivity contribution is 0.0945. The maximum absolute atomic E-state index is 12.1. The third-order valence-electron chi connectivity index (χ3n) is 2.42. The Morgan fingerprint density at radius 1 is 1.44 bits per heavy atom. The summed E-state index contributed by atoms with van der Waals surface area (Å²) in [6.07, 6.45) is 1.55. The van der Waals surface area contributed by atoms with Gasteiger partial charge in [0.25, 0.3) is 5.91 Å². The molecule has 0 radical (unpaired) electrons. The fraction of sp³-hybridized carbons (Fsp3) is 0.273. The number of carbonyl (C=O) groups is 1. The van der Waals surface area contributed by atoms with E-state index >= 15 is 0 Å². The quantitative estimate of drug-likeness (QED) is 0.791. The first-order valence-electron chi connectivity index (χ1n) is 4.92. The standard InChI is InChI=1S/C11H13N3O2/c1-6-5-16-8(3)10(6)11(15)14-9(12)4-7(2)13-14/h4-5H,12H2,1-3H3. The highest BCUT2D eigenvalue weighted by atomic mass is 16.3. The lowest BCUT2D eigenvalue weighted by atomic mass is 10.1. The van der Waals surface area contributed by atoms with Gasteiger partial charge in [-0.3, -0.25) is 4.79 Å². The SMILES string of the molecule is Cc1cc(N)n(C(=O)c2c(C)coc2C)n1. The average molecular weight is 219 g/mol. The van der Waals surface area contributed by atoms with Crippen LogP contribution in [0.2, 0.25) is 0 Å². The number of nitrogens with zero attached hydrogens (tertiary/aromatic N) is 2. The number of carbonyl (C=O) groups excluding carboxylic acids is 1. The van der Waals surface area contributed by atoms with Crippen LogP contribution in [-0.4, -0.2) is 15.7 Å². The van der Waals surface area contributed by atoms with Gasteiger partial charge in [-0.2, -0.15) is 9.78 Å². The second-order valence-electron chi connectivity index (χ2n) is 3.78. The van der Waals surface area contributed by atoms with Crippen molar-refractivity contribution in [1.82, 2.24) is 9.78 Å². The van der Waals surface area contributed by atoms with Gasteiger partial charge >= 0.3 is 0 Å². The molecular weight excluding hydrogens is 206 g/mol. The van der Waals surface area contributed by atoms with Crippen LogP contribution >= 0.6 is 0 Å². The van der Waals surface area contributed by atoms with Crippen LogP contribution in [0.4, 0.5) is 5.82 Å². The second-order valence-corrected chi connectivity index (χ2v) is 3.78. The Morgan fingerprint density at radius 3 is 2.56 bits per heavy atom. The number of hydrogen-bond donors (Lipinski definition) is 1. The van der Waals surface area contributed by atoms with Gasteiger partial charge in [-0.05, 0) is 20.8 Å². The van der Waals surface area contributed by atoms with E-state index in [-0.39, 0.29) is 5.91 Å². The molecule has 0 aliphatic rings. The Balaban J connectivity index is 2.51. The molecule has 5 heteroatoms. The van der Waals surface area contributed by atoms with Crippen molar-refractivity contribution in [2.75, 3.05) is 5.73 Å². The molecule has 0 aliphatic heterocycles. The van der Waals surface area contributed by atoms with Crippen LogP contribution in [-0.2, 0) is 0 Å². The van der Waals surface area contributed by atoms with Crippen molar-refractivity contribution < 1.29 is 9.21 Å². The minimum atomic E-state index is -0.255. The monoisotopic (exact) mass is 219 g/mol. The average Bonchev–Trinajstić information content (AvgIpc) is 2.70. The predicted molar refractivity (Wildman–Crippen MR) is 59.3 cm³/mol. The number of anilines is 1. The third kappa shape index (κ3) is 1.50. The molecule has 2 aromatic heterocycles. The molecule has 0 saturated heterocycles. The van der Waals surface area contributed by atoms with Gasteiger partial charge in [-0.25, -0.2) is 0 Å². The van der Waals surface area contributed by atoms with E-state index in [1.807, 2.05) is 6.92 Å². The molecule has 0 aliphatic carbocycles. The van der Waals surface area contributed by atoms with Crippen LogP contribution in [0.25, 0.3) is 0 Å². The molecule has 5 nitrogen and oxygen atoms in total. The lowest BCUT2D eigenvalue weighted by Gasteiger charge is -2.02. The highest BCUT2D eigenvalue weighted by Gasteiger charge is 2.20. The Morgan fingerprint density at radius 2 is 2.12 bits per heavy atom. The molecule has 84 valence electrons. The molecular formula is C11H13N3O2. The van der Waals surface area contributed by atoms with Crippen LogP contribution < -0.4 is 5.73 Å². The third-order valence-corrected chi connectivity index (χ3v) is 2.42. The van der Waals surface area contributed by atoms with E-state index < -0.39 is 0 Å². The zero-order chi connectivity index (χ0) is 11.9. The Labute approximate surface area is 92.9 Å². The van der Waals surface area contributed by atoms with Gasteiger partial charge in [-0.1, -0.05) is 0 Å². The van der Waals surface area contributed by atoms with E-state index in [1.54, 1.807) is 26.2 Å². The molecule has 0 aromatic carbocycles. The molecule has 0 amide bonds.